The van der Waals surface area contributed by atoms with Gasteiger partial charge in [-0.25, -0.2) is 0 Å². The van der Waals surface area contributed by atoms with Gasteiger partial charge in [-0.05, 0) is 27.7 Å². The van der Waals surface area contributed by atoms with Gasteiger partial charge in [0.15, 0.2) is 0 Å². The number of hydrogen-bond acceptors (Lipinski definition) is 4. The van der Waals surface area contributed by atoms with Gasteiger partial charge in [-0.3, -0.25) is 15.0 Å². The van der Waals surface area contributed by atoms with Gasteiger partial charge >= 0.3 is 0 Å². The van der Waals surface area contributed by atoms with Crippen molar-refractivity contribution in [2.45, 2.75) is 45.8 Å². The van der Waals surface area contributed by atoms with E-state index in [1.807, 2.05) is 0 Å². The number of carbonyl (C=O) groups is 1. The molecule has 0 aromatic rings. The molecule has 0 saturated carbocycles. The van der Waals surface area contributed by atoms with Crippen LogP contribution in [-0.4, -0.2) is 53.7 Å². The lowest BCUT2D eigenvalue weighted by Gasteiger charge is -2.30. The van der Waals surface area contributed by atoms with Gasteiger partial charge in [0.25, 0.3) is 0 Å². The zero-order valence-electron chi connectivity index (χ0n) is 12.1. The van der Waals surface area contributed by atoms with Crippen molar-refractivity contribution in [1.82, 2.24) is 15.5 Å². The lowest BCUT2D eigenvalue weighted by Crippen LogP contribution is -2.46. The van der Waals surface area contributed by atoms with E-state index in [0.29, 0.717) is 12.1 Å². The maximum Gasteiger partial charge on any atom is 0.238 e. The second-order valence-electron chi connectivity index (χ2n) is 4.99. The molecular formula is C12H27Cl2N3OS. The van der Waals surface area contributed by atoms with Gasteiger partial charge in [-0.2, -0.15) is 0 Å². The summed E-state index contributed by atoms with van der Waals surface area (Å²) in [6.45, 7) is 10.4. The maximum absolute atomic E-state index is 11.8. The van der Waals surface area contributed by atoms with Gasteiger partial charge < -0.3 is 5.32 Å². The zero-order chi connectivity index (χ0) is 12.8. The molecule has 0 aromatic heterocycles. The summed E-state index contributed by atoms with van der Waals surface area (Å²) in [4.78, 5) is 14.1. The van der Waals surface area contributed by atoms with Crippen LogP contribution in [-0.2, 0) is 4.79 Å². The molecule has 7 heteroatoms. The van der Waals surface area contributed by atoms with Crippen LogP contribution in [0.1, 0.15) is 27.7 Å². The molecule has 1 atom stereocenters. The number of nitrogens with zero attached hydrogens (tertiary/aromatic N) is 1. The quantitative estimate of drug-likeness (QED) is 0.778. The number of nitrogens with one attached hydrogen (secondary N) is 2. The van der Waals surface area contributed by atoms with Gasteiger partial charge in [-0.1, -0.05) is 0 Å². The molecule has 1 amide bonds. The topological polar surface area (TPSA) is 44.4 Å². The summed E-state index contributed by atoms with van der Waals surface area (Å²) < 4.78 is 0. The monoisotopic (exact) mass is 331 g/mol. The molecule has 0 aromatic carbocycles. The molecule has 0 spiro atoms. The maximum atomic E-state index is 11.8. The number of amides is 1. The Labute approximate surface area is 133 Å². The lowest BCUT2D eigenvalue weighted by atomic mass is 10.2. The summed E-state index contributed by atoms with van der Waals surface area (Å²) >= 11 is 1.78. The minimum atomic E-state index is 0. The van der Waals surface area contributed by atoms with Crippen molar-refractivity contribution in [3.8, 4) is 0 Å². The molecule has 4 nitrogen and oxygen atoms in total. The van der Waals surface area contributed by atoms with E-state index in [0.717, 1.165) is 24.7 Å². The molecule has 1 saturated heterocycles. The van der Waals surface area contributed by atoms with Gasteiger partial charge in [0.2, 0.25) is 5.91 Å². The highest BCUT2D eigenvalue weighted by atomic mass is 35.5. The molecule has 0 bridgehead atoms. The molecule has 1 fully saturated rings. The summed E-state index contributed by atoms with van der Waals surface area (Å²) in [6, 6.07) is 1.05. The first-order valence-electron chi connectivity index (χ1n) is 6.37. The van der Waals surface area contributed by atoms with Crippen molar-refractivity contribution in [3.05, 3.63) is 0 Å². The third-order valence-corrected chi connectivity index (χ3v) is 3.97. The van der Waals surface area contributed by atoms with Crippen LogP contribution >= 0.6 is 36.6 Å². The average molecular weight is 332 g/mol. The molecule has 19 heavy (non-hydrogen) atoms. The lowest BCUT2D eigenvalue weighted by molar-refractivity contribution is -0.122. The summed E-state index contributed by atoms with van der Waals surface area (Å²) in [6.07, 6.45) is 0. The van der Waals surface area contributed by atoms with Crippen molar-refractivity contribution in [2.75, 3.05) is 24.7 Å². The number of hydrogen-bond donors (Lipinski definition) is 2. The highest BCUT2D eigenvalue weighted by molar-refractivity contribution is 7.99. The van der Waals surface area contributed by atoms with Crippen LogP contribution in [0.4, 0.5) is 0 Å². The molecule has 1 heterocycles. The molecule has 1 aliphatic heterocycles. The predicted molar refractivity (Wildman–Crippen MR) is 88.7 cm³/mol. The van der Waals surface area contributed by atoms with Crippen molar-refractivity contribution in [2.24, 2.45) is 0 Å². The summed E-state index contributed by atoms with van der Waals surface area (Å²) in [5.41, 5.74) is 0. The highest BCUT2D eigenvalue weighted by Crippen LogP contribution is 2.09. The van der Waals surface area contributed by atoms with Crippen molar-refractivity contribution >= 4 is 42.5 Å². The number of carbonyl (C=O) groups excluding carboxylic acids is 1. The van der Waals surface area contributed by atoms with E-state index in [-0.39, 0.29) is 36.8 Å². The average Bonchev–Trinajstić information content (AvgIpc) is 2.76. The van der Waals surface area contributed by atoms with Crippen LogP contribution < -0.4 is 10.6 Å². The molecular weight excluding hydrogens is 305 g/mol. The Balaban J connectivity index is 0. The van der Waals surface area contributed by atoms with E-state index in [2.05, 4.69) is 43.2 Å². The Hall–Kier alpha value is 0.320. The van der Waals surface area contributed by atoms with E-state index >= 15 is 0 Å². The molecule has 2 N–H and O–H groups in total. The van der Waals surface area contributed by atoms with Gasteiger partial charge in [0, 0.05) is 36.8 Å². The normalized spacial score (nSPS) is 18.4. The first-order valence-corrected chi connectivity index (χ1v) is 7.52. The Kier molecular flexibility index (Phi) is 12.5. The molecule has 116 valence electrons. The first kappa shape index (κ1) is 21.6. The molecule has 0 radical (unpaired) electrons. The van der Waals surface area contributed by atoms with Crippen molar-refractivity contribution in [1.29, 1.82) is 0 Å². The Morgan fingerprint density at radius 3 is 2.32 bits per heavy atom. The summed E-state index contributed by atoms with van der Waals surface area (Å²) in [7, 11) is 0. The smallest absolute Gasteiger partial charge is 0.238 e. The number of thioether (sulfide) groups is 1. The highest BCUT2D eigenvalue weighted by Gasteiger charge is 2.22. The van der Waals surface area contributed by atoms with Crippen LogP contribution in [0.5, 0.6) is 0 Å². The molecule has 1 aliphatic rings. The van der Waals surface area contributed by atoms with Crippen LogP contribution in [0.25, 0.3) is 0 Å². The van der Waals surface area contributed by atoms with Crippen LogP contribution in [0.3, 0.4) is 0 Å². The van der Waals surface area contributed by atoms with Crippen LogP contribution in [0.15, 0.2) is 0 Å². The fraction of sp³-hybridized carbons (Fsp3) is 0.917. The minimum absolute atomic E-state index is 0. The first-order chi connectivity index (χ1) is 8.02. The minimum Gasteiger partial charge on any atom is -0.353 e. The number of rotatable bonds is 6. The Morgan fingerprint density at radius 2 is 1.89 bits per heavy atom. The van der Waals surface area contributed by atoms with Gasteiger partial charge in [-0.15, -0.1) is 36.6 Å². The third kappa shape index (κ3) is 7.61. The van der Waals surface area contributed by atoms with Crippen molar-refractivity contribution in [3.63, 3.8) is 0 Å². The van der Waals surface area contributed by atoms with Crippen LogP contribution in [0, 0.1) is 0 Å². The van der Waals surface area contributed by atoms with E-state index in [1.165, 1.54) is 0 Å². The molecule has 1 unspecified atom stereocenters. The van der Waals surface area contributed by atoms with E-state index < -0.39 is 0 Å². The van der Waals surface area contributed by atoms with Gasteiger partial charge in [0.05, 0.1) is 6.04 Å². The second kappa shape index (κ2) is 11.0. The molecule has 1 rings (SSSR count). The Bertz CT molecular complexity index is 241. The fourth-order valence-electron chi connectivity index (χ4n) is 2.11. The van der Waals surface area contributed by atoms with Crippen LogP contribution in [0.2, 0.25) is 0 Å². The Morgan fingerprint density at radius 1 is 1.32 bits per heavy atom. The van der Waals surface area contributed by atoms with E-state index in [1.54, 1.807) is 11.8 Å². The second-order valence-corrected chi connectivity index (χ2v) is 6.02. The van der Waals surface area contributed by atoms with Crippen molar-refractivity contribution < 1.29 is 4.79 Å². The SMILES string of the molecule is CC(C)N(CCNC(=O)C1CSCN1)C(C)C.Cl.Cl. The number of halogens is 2. The third-order valence-electron chi connectivity index (χ3n) is 3.03. The standard InChI is InChI=1S/C12H25N3OS.2ClH/c1-9(2)15(10(3)4)6-5-13-12(16)11-7-17-8-14-11;;/h9-11,14H,5-8H2,1-4H3,(H,13,16);2*1H. The fourth-order valence-corrected chi connectivity index (χ4v) is 3.05. The van der Waals surface area contributed by atoms with E-state index in [4.69, 9.17) is 0 Å². The predicted octanol–water partition coefficient (Wildman–Crippen LogP) is 1.73. The zero-order valence-corrected chi connectivity index (χ0v) is 14.6. The largest absolute Gasteiger partial charge is 0.353 e. The molecule has 0 aliphatic carbocycles. The summed E-state index contributed by atoms with van der Waals surface area (Å²) in [5, 5.41) is 6.19. The van der Waals surface area contributed by atoms with E-state index in [9.17, 15) is 4.79 Å². The summed E-state index contributed by atoms with van der Waals surface area (Å²) in [5.74, 6) is 1.93. The van der Waals surface area contributed by atoms with Gasteiger partial charge in [0.1, 0.15) is 0 Å².